The van der Waals surface area contributed by atoms with Crippen molar-refractivity contribution in [1.29, 1.82) is 0 Å². The molecule has 1 aliphatic rings. The Morgan fingerprint density at radius 3 is 3.00 bits per heavy atom. The Morgan fingerprint density at radius 1 is 1.61 bits per heavy atom. The van der Waals surface area contributed by atoms with Crippen LogP contribution in [0.4, 0.5) is 0 Å². The normalized spacial score (nSPS) is 19.9. The van der Waals surface area contributed by atoms with E-state index in [1.807, 2.05) is 0 Å². The summed E-state index contributed by atoms with van der Waals surface area (Å²) in [5.74, 6) is 0.691. The van der Waals surface area contributed by atoms with Crippen LogP contribution in [-0.4, -0.2) is 23.7 Å². The third kappa shape index (κ3) is 3.28. The lowest BCUT2D eigenvalue weighted by Gasteiger charge is -2.20. The molecule has 0 bridgehead atoms. The molecule has 0 fully saturated rings. The highest BCUT2D eigenvalue weighted by Crippen LogP contribution is 2.40. The van der Waals surface area contributed by atoms with E-state index in [4.69, 9.17) is 5.73 Å². The second-order valence-corrected chi connectivity index (χ2v) is 7.33. The van der Waals surface area contributed by atoms with Gasteiger partial charge >= 0.3 is 0 Å². The van der Waals surface area contributed by atoms with Crippen LogP contribution in [0.15, 0.2) is 16.3 Å². The van der Waals surface area contributed by atoms with E-state index < -0.39 is 0 Å². The van der Waals surface area contributed by atoms with Crippen LogP contribution < -0.4 is 11.1 Å². The summed E-state index contributed by atoms with van der Waals surface area (Å²) in [5.41, 5.74) is 5.71. The predicted octanol–water partition coefficient (Wildman–Crippen LogP) is 2.25. The third-order valence-electron chi connectivity index (χ3n) is 3.02. The first kappa shape index (κ1) is 13.9. The number of carbonyl (C=O) groups excluding carboxylic acids is 1. The second-order valence-electron chi connectivity index (χ2n) is 5.09. The van der Waals surface area contributed by atoms with E-state index in [1.165, 1.54) is 9.77 Å². The Labute approximate surface area is 117 Å². The second kappa shape index (κ2) is 6.08. The molecule has 0 saturated heterocycles. The van der Waals surface area contributed by atoms with Crippen molar-refractivity contribution in [3.05, 3.63) is 16.3 Å². The Balaban J connectivity index is 1.87. The fourth-order valence-electron chi connectivity index (χ4n) is 2.17. The number of hydrogen-bond donors (Lipinski definition) is 2. The Kier molecular flexibility index (Phi) is 4.70. The molecule has 1 amide bonds. The van der Waals surface area contributed by atoms with Crippen LogP contribution in [0.5, 0.6) is 0 Å². The number of thioether (sulfide) groups is 1. The van der Waals surface area contributed by atoms with Gasteiger partial charge in [0.2, 0.25) is 5.91 Å². The highest BCUT2D eigenvalue weighted by molar-refractivity contribution is 8.01. The number of hydrogen-bond acceptors (Lipinski definition) is 4. The minimum absolute atomic E-state index is 0.0358. The van der Waals surface area contributed by atoms with E-state index in [2.05, 4.69) is 30.6 Å². The zero-order valence-corrected chi connectivity index (χ0v) is 12.4. The van der Waals surface area contributed by atoms with Gasteiger partial charge in [0.15, 0.2) is 0 Å². The molecule has 0 aromatic carbocycles. The molecular formula is C13H20N2OS2. The zero-order valence-electron chi connectivity index (χ0n) is 10.8. The fraction of sp³-hybridized carbons (Fsp3) is 0.615. The first-order chi connectivity index (χ1) is 8.60. The van der Waals surface area contributed by atoms with E-state index >= 15 is 0 Å². The van der Waals surface area contributed by atoms with Gasteiger partial charge in [0.25, 0.3) is 0 Å². The van der Waals surface area contributed by atoms with Crippen molar-refractivity contribution in [3.8, 4) is 0 Å². The number of amides is 1. The molecule has 1 aromatic heterocycles. The van der Waals surface area contributed by atoms with Gasteiger partial charge in [-0.15, -0.1) is 23.1 Å². The summed E-state index contributed by atoms with van der Waals surface area (Å²) in [7, 11) is 0. The van der Waals surface area contributed by atoms with Crippen LogP contribution in [0.2, 0.25) is 0 Å². The number of rotatable bonds is 5. The average Bonchev–Trinajstić information content (AvgIpc) is 2.87. The molecule has 2 heterocycles. The Morgan fingerprint density at radius 2 is 2.39 bits per heavy atom. The zero-order chi connectivity index (χ0) is 13.1. The number of thiophene rings is 1. The SMILES string of the molecule is CC(C)C[C@@H](CN)NC(=O)C1Cc2sccc2S1. The molecule has 5 heteroatoms. The highest BCUT2D eigenvalue weighted by atomic mass is 32.2. The number of carbonyl (C=O) groups is 1. The summed E-state index contributed by atoms with van der Waals surface area (Å²) in [6.07, 6.45) is 1.81. The molecule has 18 heavy (non-hydrogen) atoms. The maximum atomic E-state index is 12.2. The van der Waals surface area contributed by atoms with Crippen molar-refractivity contribution < 1.29 is 4.79 Å². The number of nitrogens with one attached hydrogen (secondary N) is 1. The van der Waals surface area contributed by atoms with Crippen LogP contribution in [0.25, 0.3) is 0 Å². The minimum Gasteiger partial charge on any atom is -0.351 e. The van der Waals surface area contributed by atoms with Gasteiger partial charge < -0.3 is 11.1 Å². The molecule has 3 N–H and O–H groups in total. The molecule has 1 aliphatic heterocycles. The molecule has 1 unspecified atom stereocenters. The predicted molar refractivity (Wildman–Crippen MR) is 78.1 cm³/mol. The fourth-order valence-corrected chi connectivity index (χ4v) is 4.56. The maximum absolute atomic E-state index is 12.2. The lowest BCUT2D eigenvalue weighted by Crippen LogP contribution is -2.44. The molecular weight excluding hydrogens is 264 g/mol. The van der Waals surface area contributed by atoms with Gasteiger partial charge in [-0.2, -0.15) is 0 Å². The van der Waals surface area contributed by atoms with E-state index in [9.17, 15) is 4.79 Å². The third-order valence-corrected chi connectivity index (χ3v) is 5.40. The van der Waals surface area contributed by atoms with Gasteiger partial charge in [-0.05, 0) is 23.8 Å². The van der Waals surface area contributed by atoms with Crippen LogP contribution >= 0.6 is 23.1 Å². The summed E-state index contributed by atoms with van der Waals surface area (Å²) < 4.78 is 0. The van der Waals surface area contributed by atoms with Crippen molar-refractivity contribution in [2.45, 2.75) is 42.9 Å². The van der Waals surface area contributed by atoms with Gasteiger partial charge in [-0.1, -0.05) is 13.8 Å². The summed E-state index contributed by atoms with van der Waals surface area (Å²) in [4.78, 5) is 14.8. The quantitative estimate of drug-likeness (QED) is 0.872. The summed E-state index contributed by atoms with van der Waals surface area (Å²) >= 11 is 3.42. The number of nitrogens with two attached hydrogens (primary N) is 1. The summed E-state index contributed by atoms with van der Waals surface area (Å²) in [5, 5.41) is 5.21. The first-order valence-corrected chi connectivity index (χ1v) is 8.09. The standard InChI is InChI=1S/C13H20N2OS2/c1-8(2)5-9(7-14)15-13(16)12-6-11-10(18-12)3-4-17-11/h3-4,8-9,12H,5-7,14H2,1-2H3,(H,15,16)/t9-,12?/m0/s1. The van der Waals surface area contributed by atoms with Gasteiger partial charge in [0.05, 0.1) is 5.25 Å². The van der Waals surface area contributed by atoms with Crippen molar-refractivity contribution in [2.75, 3.05) is 6.54 Å². The topological polar surface area (TPSA) is 55.1 Å². The Bertz CT molecular complexity index is 396. The van der Waals surface area contributed by atoms with Gasteiger partial charge in [0.1, 0.15) is 0 Å². The first-order valence-electron chi connectivity index (χ1n) is 6.33. The number of fused-ring (bicyclic) bond motifs is 1. The minimum atomic E-state index is 0.0358. The molecule has 3 nitrogen and oxygen atoms in total. The lowest BCUT2D eigenvalue weighted by atomic mass is 10.0. The highest BCUT2D eigenvalue weighted by Gasteiger charge is 2.30. The van der Waals surface area contributed by atoms with Crippen LogP contribution in [-0.2, 0) is 11.2 Å². The smallest absolute Gasteiger partial charge is 0.234 e. The van der Waals surface area contributed by atoms with E-state index in [1.54, 1.807) is 23.1 Å². The molecule has 2 rings (SSSR count). The maximum Gasteiger partial charge on any atom is 0.234 e. The molecule has 0 radical (unpaired) electrons. The van der Waals surface area contributed by atoms with Gasteiger partial charge in [0, 0.05) is 28.8 Å². The molecule has 0 spiro atoms. The van der Waals surface area contributed by atoms with Crippen molar-refractivity contribution >= 4 is 29.0 Å². The van der Waals surface area contributed by atoms with Crippen LogP contribution in [0, 0.1) is 5.92 Å². The molecule has 2 atom stereocenters. The molecule has 0 saturated carbocycles. The molecule has 1 aromatic rings. The monoisotopic (exact) mass is 284 g/mol. The largest absolute Gasteiger partial charge is 0.351 e. The van der Waals surface area contributed by atoms with Gasteiger partial charge in [-0.3, -0.25) is 4.79 Å². The molecule has 0 aliphatic carbocycles. The molecule has 100 valence electrons. The van der Waals surface area contributed by atoms with Crippen molar-refractivity contribution in [3.63, 3.8) is 0 Å². The summed E-state index contributed by atoms with van der Waals surface area (Å²) in [6.45, 7) is 4.82. The van der Waals surface area contributed by atoms with Crippen molar-refractivity contribution in [1.82, 2.24) is 5.32 Å². The van der Waals surface area contributed by atoms with Crippen molar-refractivity contribution in [2.24, 2.45) is 11.7 Å². The average molecular weight is 284 g/mol. The van der Waals surface area contributed by atoms with Gasteiger partial charge in [-0.25, -0.2) is 0 Å². The van der Waals surface area contributed by atoms with E-state index in [-0.39, 0.29) is 17.2 Å². The van der Waals surface area contributed by atoms with Crippen LogP contribution in [0.3, 0.4) is 0 Å². The lowest BCUT2D eigenvalue weighted by molar-refractivity contribution is -0.121. The van der Waals surface area contributed by atoms with Crippen LogP contribution in [0.1, 0.15) is 25.1 Å². The van der Waals surface area contributed by atoms with E-state index in [0.29, 0.717) is 12.5 Å². The Hall–Kier alpha value is -0.520. The van der Waals surface area contributed by atoms with E-state index in [0.717, 1.165) is 12.8 Å². The summed E-state index contributed by atoms with van der Waals surface area (Å²) in [6, 6.07) is 2.21.